The van der Waals surface area contributed by atoms with E-state index in [2.05, 4.69) is 149 Å². The van der Waals surface area contributed by atoms with Crippen LogP contribution >= 0.6 is 0 Å². The summed E-state index contributed by atoms with van der Waals surface area (Å²) in [5.74, 6) is 3.61. The number of aromatic nitrogens is 1. The van der Waals surface area contributed by atoms with Gasteiger partial charge in [0.25, 0.3) is 0 Å². The van der Waals surface area contributed by atoms with Crippen LogP contribution in [0.15, 0.2) is 140 Å². The van der Waals surface area contributed by atoms with Gasteiger partial charge in [-0.25, -0.2) is 0 Å². The zero-order valence-electron chi connectivity index (χ0n) is 29.1. The fraction of sp³-hybridized carbons (Fsp3) is 0.208. The Kier molecular flexibility index (Phi) is 6.78. The molecule has 0 bridgehead atoms. The lowest BCUT2D eigenvalue weighted by atomic mass is 9.62. The molecule has 0 radical (unpaired) electrons. The van der Waals surface area contributed by atoms with Gasteiger partial charge in [-0.3, -0.25) is 0 Å². The Labute approximate surface area is 304 Å². The summed E-state index contributed by atoms with van der Waals surface area (Å²) in [6.07, 6.45) is 18.1. The molecule has 6 aromatic rings. The van der Waals surface area contributed by atoms with Crippen LogP contribution in [0.3, 0.4) is 0 Å². The molecule has 1 spiro atoms. The van der Waals surface area contributed by atoms with Gasteiger partial charge < -0.3 is 19.4 Å². The van der Waals surface area contributed by atoms with Gasteiger partial charge in [0.1, 0.15) is 23.0 Å². The number of piperidine rings is 1. The topological polar surface area (TPSA) is 35.4 Å². The van der Waals surface area contributed by atoms with Crippen LogP contribution in [0.25, 0.3) is 16.5 Å². The molecule has 0 amide bonds. The molecule has 4 heteroatoms. The van der Waals surface area contributed by atoms with Crippen LogP contribution in [0, 0.1) is 0 Å². The van der Waals surface area contributed by atoms with E-state index in [0.717, 1.165) is 77.5 Å². The van der Waals surface area contributed by atoms with E-state index in [4.69, 9.17) is 9.47 Å². The normalized spacial score (nSPS) is 22.3. The van der Waals surface area contributed by atoms with Gasteiger partial charge in [0.05, 0.1) is 11.5 Å². The number of ether oxygens (including phenoxy) is 2. The van der Waals surface area contributed by atoms with E-state index in [0.29, 0.717) is 12.1 Å². The van der Waals surface area contributed by atoms with Crippen molar-refractivity contribution in [3.63, 3.8) is 0 Å². The Morgan fingerprint density at radius 3 is 2.19 bits per heavy atom. The molecule has 2 aliphatic carbocycles. The van der Waals surface area contributed by atoms with E-state index >= 15 is 0 Å². The highest BCUT2D eigenvalue weighted by molar-refractivity contribution is 6.00. The number of nitrogens with one attached hydrogen (secondary N) is 1. The zero-order chi connectivity index (χ0) is 34.2. The van der Waals surface area contributed by atoms with Gasteiger partial charge in [0, 0.05) is 50.5 Å². The Morgan fingerprint density at radius 2 is 1.42 bits per heavy atom. The van der Waals surface area contributed by atoms with Crippen molar-refractivity contribution in [1.82, 2.24) is 9.88 Å². The quantitative estimate of drug-likeness (QED) is 0.202. The standard InChI is InChI=1S/C48H40N2O2/c1-2-13-33(14-3-1)50-41-20-7-4-15-35(41)47-34(16-12-21-42(47)50)31-24-26-38-45(29-31)51-43-22-8-5-17-36(43)48(38)37-18-6-9-23-44(37)52-46-30-32(25-27-39(46)48)40-19-10-11-28-49-40/h1-9,13,15-18,20,22-27,29-30,33,40,49H,10-12,14,19,21,28H2. The van der Waals surface area contributed by atoms with Crippen LogP contribution in [0.1, 0.15) is 88.8 Å². The smallest absolute Gasteiger partial charge is 0.132 e. The first-order valence-electron chi connectivity index (χ1n) is 19.0. The van der Waals surface area contributed by atoms with Crippen LogP contribution < -0.4 is 14.8 Å². The average molecular weight is 677 g/mol. The highest BCUT2D eigenvalue weighted by Gasteiger charge is 2.50. The maximum absolute atomic E-state index is 6.96. The number of hydrogen-bond acceptors (Lipinski definition) is 3. The molecule has 4 nitrogen and oxygen atoms in total. The molecule has 4 heterocycles. The predicted molar refractivity (Wildman–Crippen MR) is 209 cm³/mol. The van der Waals surface area contributed by atoms with Gasteiger partial charge in [-0.1, -0.05) is 116 Å². The molecule has 11 rings (SSSR count). The number of allylic oxidation sites excluding steroid dienone is 5. The summed E-state index contributed by atoms with van der Waals surface area (Å²) in [6, 6.07) is 40.8. The Morgan fingerprint density at radius 1 is 0.692 bits per heavy atom. The summed E-state index contributed by atoms with van der Waals surface area (Å²) in [5.41, 5.74) is 11.9. The molecule has 3 unspecified atom stereocenters. The highest BCUT2D eigenvalue weighted by atomic mass is 16.5. The van der Waals surface area contributed by atoms with Gasteiger partial charge in [-0.2, -0.15) is 0 Å². The Bertz CT molecular complexity index is 2500. The molecule has 3 aliphatic heterocycles. The monoisotopic (exact) mass is 676 g/mol. The molecular formula is C48H40N2O2. The molecule has 1 saturated heterocycles. The minimum Gasteiger partial charge on any atom is -0.457 e. The van der Waals surface area contributed by atoms with Crippen LogP contribution in [0.4, 0.5) is 0 Å². The van der Waals surface area contributed by atoms with Crippen molar-refractivity contribution >= 4 is 16.5 Å². The van der Waals surface area contributed by atoms with E-state index in [1.165, 1.54) is 51.7 Å². The molecule has 5 aromatic carbocycles. The molecular weight excluding hydrogens is 637 g/mol. The average Bonchev–Trinajstić information content (AvgIpc) is 3.56. The summed E-state index contributed by atoms with van der Waals surface area (Å²) < 4.78 is 16.4. The van der Waals surface area contributed by atoms with E-state index in [-0.39, 0.29) is 0 Å². The van der Waals surface area contributed by atoms with Gasteiger partial charge in [-0.15, -0.1) is 0 Å². The zero-order valence-corrected chi connectivity index (χ0v) is 29.1. The second kappa shape index (κ2) is 11.7. The molecule has 52 heavy (non-hydrogen) atoms. The summed E-state index contributed by atoms with van der Waals surface area (Å²) in [5, 5.41) is 5.07. The summed E-state index contributed by atoms with van der Waals surface area (Å²) in [7, 11) is 0. The first kappa shape index (κ1) is 30.1. The third kappa shape index (κ3) is 4.31. The van der Waals surface area contributed by atoms with Crippen molar-refractivity contribution in [1.29, 1.82) is 0 Å². The lowest BCUT2D eigenvalue weighted by Gasteiger charge is -2.45. The van der Waals surface area contributed by atoms with E-state index in [1.54, 1.807) is 0 Å². The summed E-state index contributed by atoms with van der Waals surface area (Å²) in [6.45, 7) is 1.06. The Hall–Kier alpha value is -5.58. The minimum atomic E-state index is -0.603. The largest absolute Gasteiger partial charge is 0.457 e. The first-order valence-corrected chi connectivity index (χ1v) is 19.0. The second-order valence-corrected chi connectivity index (χ2v) is 14.9. The van der Waals surface area contributed by atoms with E-state index in [1.807, 2.05) is 0 Å². The van der Waals surface area contributed by atoms with Gasteiger partial charge in [-0.05, 0) is 85.7 Å². The molecule has 1 N–H and O–H groups in total. The minimum absolute atomic E-state index is 0.323. The lowest BCUT2D eigenvalue weighted by molar-refractivity contribution is 0.393. The number of benzene rings is 5. The molecule has 1 aromatic heterocycles. The third-order valence-electron chi connectivity index (χ3n) is 12.1. The van der Waals surface area contributed by atoms with Gasteiger partial charge in [0.15, 0.2) is 0 Å². The predicted octanol–water partition coefficient (Wildman–Crippen LogP) is 11.5. The van der Waals surface area contributed by atoms with Crippen molar-refractivity contribution < 1.29 is 9.47 Å². The van der Waals surface area contributed by atoms with Gasteiger partial charge >= 0.3 is 0 Å². The number of nitrogens with zero attached hydrogens (tertiary/aromatic N) is 1. The maximum Gasteiger partial charge on any atom is 0.132 e. The fourth-order valence-electron chi connectivity index (χ4n) is 9.93. The number of hydrogen-bond donors (Lipinski definition) is 1. The maximum atomic E-state index is 6.96. The van der Waals surface area contributed by atoms with Crippen LogP contribution in [-0.4, -0.2) is 11.1 Å². The van der Waals surface area contributed by atoms with Crippen molar-refractivity contribution in [3.8, 4) is 23.0 Å². The van der Waals surface area contributed by atoms with Crippen molar-refractivity contribution in [2.75, 3.05) is 6.54 Å². The molecule has 1 fully saturated rings. The van der Waals surface area contributed by atoms with E-state index < -0.39 is 5.41 Å². The lowest BCUT2D eigenvalue weighted by Crippen LogP contribution is -2.37. The molecule has 5 aliphatic rings. The number of fused-ring (bicyclic) bond motifs is 11. The van der Waals surface area contributed by atoms with Crippen LogP contribution in [-0.2, 0) is 11.8 Å². The van der Waals surface area contributed by atoms with E-state index in [9.17, 15) is 0 Å². The number of rotatable bonds is 3. The third-order valence-corrected chi connectivity index (χ3v) is 12.1. The summed E-state index contributed by atoms with van der Waals surface area (Å²) >= 11 is 0. The molecule has 254 valence electrons. The fourth-order valence-corrected chi connectivity index (χ4v) is 9.93. The van der Waals surface area contributed by atoms with Crippen LogP contribution in [0.5, 0.6) is 23.0 Å². The van der Waals surface area contributed by atoms with Crippen LogP contribution in [0.2, 0.25) is 0 Å². The second-order valence-electron chi connectivity index (χ2n) is 14.9. The Balaban J connectivity index is 1.11. The van der Waals surface area contributed by atoms with Crippen molar-refractivity contribution in [2.24, 2.45) is 0 Å². The number of para-hydroxylation sites is 3. The SMILES string of the molecule is C1=CCC(n2c3c(c4ccccc42)C(c2ccc4c(c2)Oc2ccccc2C42c4ccccc4Oc4cc(C5CCCCN5)ccc42)=CCC3)C=C1. The summed E-state index contributed by atoms with van der Waals surface area (Å²) in [4.78, 5) is 0. The molecule has 0 saturated carbocycles. The molecule has 3 atom stereocenters. The highest BCUT2D eigenvalue weighted by Crippen LogP contribution is 2.62. The first-order chi connectivity index (χ1) is 25.8. The van der Waals surface area contributed by atoms with Crippen molar-refractivity contribution in [2.45, 2.75) is 56.0 Å². The van der Waals surface area contributed by atoms with Crippen molar-refractivity contribution in [3.05, 3.63) is 184 Å². The van der Waals surface area contributed by atoms with Gasteiger partial charge in [0.2, 0.25) is 0 Å².